The summed E-state index contributed by atoms with van der Waals surface area (Å²) in [7, 11) is 0. The number of nitrogen functional groups attached to an aromatic ring is 1. The molecule has 0 radical (unpaired) electrons. The molecule has 0 spiro atoms. The van der Waals surface area contributed by atoms with Gasteiger partial charge in [-0.25, -0.2) is 14.0 Å². The zero-order valence-corrected chi connectivity index (χ0v) is 13.7. The number of carboxylic acid groups (broad SMARTS) is 1. The van der Waals surface area contributed by atoms with Crippen molar-refractivity contribution in [3.63, 3.8) is 0 Å². The Balaban J connectivity index is 0.000000212. The highest BCUT2D eigenvalue weighted by Gasteiger charge is 2.28. The van der Waals surface area contributed by atoms with Gasteiger partial charge in [0.05, 0.1) is 12.8 Å². The van der Waals surface area contributed by atoms with Crippen LogP contribution in [0.1, 0.15) is 19.1 Å². The predicted octanol–water partition coefficient (Wildman–Crippen LogP) is -1.11. The Morgan fingerprint density at radius 1 is 1.56 bits per heavy atom. The smallest absolute Gasteiger partial charge is 0.351 e. The average molecular weight is 376 g/mol. The van der Waals surface area contributed by atoms with Gasteiger partial charge in [0.2, 0.25) is 5.91 Å². The summed E-state index contributed by atoms with van der Waals surface area (Å²) in [5.41, 5.74) is 4.10. The number of carboxylic acids is 1. The number of nitrogens with zero attached hydrogens (tertiary/aromatic N) is 2. The van der Waals surface area contributed by atoms with E-state index < -0.39 is 41.0 Å². The number of aromatic nitrogens is 2. The number of halogens is 1. The highest BCUT2D eigenvalue weighted by molar-refractivity contribution is 8.00. The second kappa shape index (κ2) is 8.27. The standard InChI is InChI=1S/C8H10FN3O3S.C5H7NO3/c9-4-1-12(8(14)11-7(4)10)5-3-16-6(2-13)15-5;7-4-2-1-3(6-4)5(8)9/h1,5-6,13H,2-3H2,(H2,10,11,14);3H,1-2H2,(H,6,7)(H,8,9)/t5-,6+;/m0./s1. The van der Waals surface area contributed by atoms with Gasteiger partial charge in [-0.1, -0.05) is 0 Å². The highest BCUT2D eigenvalue weighted by atomic mass is 32.2. The quantitative estimate of drug-likeness (QED) is 0.514. The Bertz CT molecular complexity index is 714. The number of thioether (sulfide) groups is 1. The van der Waals surface area contributed by atoms with E-state index in [1.807, 2.05) is 0 Å². The minimum Gasteiger partial charge on any atom is -0.480 e. The van der Waals surface area contributed by atoms with E-state index in [-0.39, 0.29) is 12.5 Å². The molecule has 2 aliphatic heterocycles. The third-order valence-electron chi connectivity index (χ3n) is 3.42. The van der Waals surface area contributed by atoms with Gasteiger partial charge in [0.1, 0.15) is 17.7 Å². The van der Waals surface area contributed by atoms with E-state index in [2.05, 4.69) is 10.3 Å². The van der Waals surface area contributed by atoms with Crippen molar-refractivity contribution >= 4 is 29.5 Å². The fourth-order valence-corrected chi connectivity index (χ4v) is 3.08. The molecule has 1 unspecified atom stereocenters. The Hall–Kier alpha value is -2.18. The Morgan fingerprint density at radius 3 is 2.76 bits per heavy atom. The molecule has 0 saturated carbocycles. The average Bonchev–Trinajstić information content (AvgIpc) is 3.20. The number of anilines is 1. The second-order valence-electron chi connectivity index (χ2n) is 5.20. The van der Waals surface area contributed by atoms with Gasteiger partial charge >= 0.3 is 11.7 Å². The molecule has 12 heteroatoms. The first kappa shape index (κ1) is 19.1. The zero-order chi connectivity index (χ0) is 18.6. The fraction of sp³-hybridized carbons (Fsp3) is 0.538. The van der Waals surface area contributed by atoms with Crippen molar-refractivity contribution in [3.05, 3.63) is 22.5 Å². The molecule has 0 bridgehead atoms. The summed E-state index contributed by atoms with van der Waals surface area (Å²) in [5, 5.41) is 19.5. The Kier molecular flexibility index (Phi) is 6.33. The summed E-state index contributed by atoms with van der Waals surface area (Å²) >= 11 is 1.35. The minimum absolute atomic E-state index is 0.152. The molecule has 2 saturated heterocycles. The van der Waals surface area contributed by atoms with E-state index in [0.29, 0.717) is 18.6 Å². The van der Waals surface area contributed by atoms with Crippen LogP contribution in [0.25, 0.3) is 0 Å². The molecule has 0 aliphatic carbocycles. The largest absolute Gasteiger partial charge is 0.480 e. The summed E-state index contributed by atoms with van der Waals surface area (Å²) in [6.45, 7) is -0.152. The zero-order valence-electron chi connectivity index (χ0n) is 12.9. The first-order chi connectivity index (χ1) is 11.8. The molecular weight excluding hydrogens is 359 g/mol. The molecule has 1 amide bonds. The molecular formula is C13H17FN4O6S. The lowest BCUT2D eigenvalue weighted by Gasteiger charge is -2.13. The maximum atomic E-state index is 13.1. The van der Waals surface area contributed by atoms with Crippen LogP contribution in [0.15, 0.2) is 11.0 Å². The van der Waals surface area contributed by atoms with E-state index in [9.17, 15) is 18.8 Å². The van der Waals surface area contributed by atoms with Crippen LogP contribution >= 0.6 is 11.8 Å². The predicted molar refractivity (Wildman–Crippen MR) is 85.1 cm³/mol. The molecule has 2 fully saturated rings. The van der Waals surface area contributed by atoms with Gasteiger partial charge in [0.15, 0.2) is 11.6 Å². The van der Waals surface area contributed by atoms with Crippen molar-refractivity contribution in [2.45, 2.75) is 30.5 Å². The van der Waals surface area contributed by atoms with Crippen LogP contribution in [-0.4, -0.2) is 55.5 Å². The molecule has 138 valence electrons. The third-order valence-corrected chi connectivity index (χ3v) is 4.53. The molecule has 1 aromatic rings. The Labute approximate surface area is 145 Å². The lowest BCUT2D eigenvalue weighted by atomic mass is 10.2. The number of rotatable bonds is 3. The molecule has 3 atom stereocenters. The van der Waals surface area contributed by atoms with Gasteiger partial charge in [0, 0.05) is 12.2 Å². The van der Waals surface area contributed by atoms with Gasteiger partial charge in [-0.15, -0.1) is 11.8 Å². The fourth-order valence-electron chi connectivity index (χ4n) is 2.15. The van der Waals surface area contributed by atoms with E-state index in [4.69, 9.17) is 20.7 Å². The first-order valence-corrected chi connectivity index (χ1v) is 8.31. The van der Waals surface area contributed by atoms with Crippen molar-refractivity contribution in [1.29, 1.82) is 0 Å². The molecule has 3 rings (SSSR count). The number of carbonyl (C=O) groups is 2. The van der Waals surface area contributed by atoms with Crippen LogP contribution in [0.2, 0.25) is 0 Å². The molecule has 10 nitrogen and oxygen atoms in total. The number of aliphatic carboxylic acids is 1. The first-order valence-electron chi connectivity index (χ1n) is 7.26. The number of hydrogen-bond acceptors (Lipinski definition) is 8. The van der Waals surface area contributed by atoms with Crippen LogP contribution in [0.3, 0.4) is 0 Å². The van der Waals surface area contributed by atoms with Crippen LogP contribution in [0.4, 0.5) is 10.2 Å². The number of ether oxygens (including phenoxy) is 1. The van der Waals surface area contributed by atoms with E-state index in [1.54, 1.807) is 0 Å². The summed E-state index contributed by atoms with van der Waals surface area (Å²) in [6.07, 6.45) is 1.12. The third kappa shape index (κ3) is 4.90. The molecule has 2 aliphatic rings. The van der Waals surface area contributed by atoms with Gasteiger partial charge in [-0.05, 0) is 6.42 Å². The summed E-state index contributed by atoms with van der Waals surface area (Å²) in [5.74, 6) is -1.84. The molecule has 25 heavy (non-hydrogen) atoms. The number of aliphatic hydroxyl groups is 1. The Morgan fingerprint density at radius 2 is 2.28 bits per heavy atom. The van der Waals surface area contributed by atoms with Crippen LogP contribution < -0.4 is 16.7 Å². The lowest BCUT2D eigenvalue weighted by molar-refractivity contribution is -0.140. The molecule has 1 aromatic heterocycles. The molecule has 3 heterocycles. The molecule has 5 N–H and O–H groups in total. The van der Waals surface area contributed by atoms with Crippen LogP contribution in [0.5, 0.6) is 0 Å². The number of amides is 1. The van der Waals surface area contributed by atoms with Gasteiger partial charge < -0.3 is 26.0 Å². The SMILES string of the molecule is Nc1nc(=O)n([C@@H]2CS[C@H](CO)O2)cc1F.O=C1CCC(C(=O)O)N1. The van der Waals surface area contributed by atoms with Crippen molar-refractivity contribution in [1.82, 2.24) is 14.9 Å². The van der Waals surface area contributed by atoms with E-state index in [1.165, 1.54) is 11.8 Å². The lowest BCUT2D eigenvalue weighted by Crippen LogP contribution is -2.32. The van der Waals surface area contributed by atoms with Crippen molar-refractivity contribution < 1.29 is 28.9 Å². The van der Waals surface area contributed by atoms with Crippen LogP contribution in [0, 0.1) is 5.82 Å². The van der Waals surface area contributed by atoms with E-state index >= 15 is 0 Å². The number of hydrogen-bond donors (Lipinski definition) is 4. The minimum atomic E-state index is -0.944. The molecule has 0 aromatic carbocycles. The van der Waals surface area contributed by atoms with Gasteiger partial charge in [0.25, 0.3) is 0 Å². The topological polar surface area (TPSA) is 157 Å². The number of carbonyl (C=O) groups excluding carboxylic acids is 1. The van der Waals surface area contributed by atoms with Crippen molar-refractivity contribution in [2.75, 3.05) is 18.1 Å². The monoisotopic (exact) mass is 376 g/mol. The van der Waals surface area contributed by atoms with Crippen molar-refractivity contribution in [3.8, 4) is 0 Å². The summed E-state index contributed by atoms with van der Waals surface area (Å²) < 4.78 is 19.5. The maximum Gasteiger partial charge on any atom is 0.351 e. The number of nitrogens with two attached hydrogens (primary N) is 1. The van der Waals surface area contributed by atoms with E-state index in [0.717, 1.165) is 10.8 Å². The van der Waals surface area contributed by atoms with Crippen LogP contribution in [-0.2, 0) is 14.3 Å². The normalized spacial score (nSPS) is 25.2. The second-order valence-corrected chi connectivity index (χ2v) is 6.39. The van der Waals surface area contributed by atoms with Crippen molar-refractivity contribution in [2.24, 2.45) is 0 Å². The summed E-state index contributed by atoms with van der Waals surface area (Å²) in [4.78, 5) is 35.3. The van der Waals surface area contributed by atoms with Gasteiger partial charge in [-0.3, -0.25) is 9.36 Å². The number of aliphatic hydroxyl groups excluding tert-OH is 1. The highest BCUT2D eigenvalue weighted by Crippen LogP contribution is 2.30. The maximum absolute atomic E-state index is 13.1. The van der Waals surface area contributed by atoms with Gasteiger partial charge in [-0.2, -0.15) is 4.98 Å². The summed E-state index contributed by atoms with van der Waals surface area (Å²) in [6, 6.07) is -0.641. The number of nitrogens with one attached hydrogen (secondary N) is 1.